The highest BCUT2D eigenvalue weighted by Gasteiger charge is 2.27. The van der Waals surface area contributed by atoms with Gasteiger partial charge < -0.3 is 10.1 Å². The SMILES string of the molecule is CC(C)(C)NC(=O)[C@H]1NCCOc2ccccc21. The summed E-state index contributed by atoms with van der Waals surface area (Å²) in [6, 6.07) is 7.33. The van der Waals surface area contributed by atoms with Crippen LogP contribution in [0.1, 0.15) is 32.4 Å². The molecule has 0 spiro atoms. The van der Waals surface area contributed by atoms with Crippen molar-refractivity contribution in [3.05, 3.63) is 29.8 Å². The van der Waals surface area contributed by atoms with Crippen molar-refractivity contribution >= 4 is 5.91 Å². The number of benzene rings is 1. The highest BCUT2D eigenvalue weighted by atomic mass is 16.5. The average Bonchev–Trinajstić information content (AvgIpc) is 2.48. The fourth-order valence-corrected chi connectivity index (χ4v) is 2.00. The van der Waals surface area contributed by atoms with Crippen LogP contribution in [0.15, 0.2) is 24.3 Å². The molecule has 1 aromatic rings. The molecule has 0 bridgehead atoms. The van der Waals surface area contributed by atoms with Gasteiger partial charge in [-0.05, 0) is 26.8 Å². The number of fused-ring (bicyclic) bond motifs is 1. The number of carbonyl (C=O) groups excluding carboxylic acids is 1. The predicted molar refractivity (Wildman–Crippen MR) is 70.6 cm³/mol. The molecule has 1 aliphatic rings. The van der Waals surface area contributed by atoms with E-state index < -0.39 is 0 Å². The number of rotatable bonds is 1. The van der Waals surface area contributed by atoms with Crippen molar-refractivity contribution in [3.8, 4) is 5.75 Å². The van der Waals surface area contributed by atoms with Crippen molar-refractivity contribution in [1.82, 2.24) is 10.6 Å². The fraction of sp³-hybridized carbons (Fsp3) is 0.500. The maximum Gasteiger partial charge on any atom is 0.242 e. The molecule has 1 heterocycles. The van der Waals surface area contributed by atoms with Crippen molar-refractivity contribution < 1.29 is 9.53 Å². The van der Waals surface area contributed by atoms with Gasteiger partial charge in [0, 0.05) is 17.6 Å². The molecular formula is C14H20N2O2. The molecule has 1 aromatic carbocycles. The van der Waals surface area contributed by atoms with Gasteiger partial charge >= 0.3 is 0 Å². The number of carbonyl (C=O) groups is 1. The molecule has 0 aliphatic carbocycles. The summed E-state index contributed by atoms with van der Waals surface area (Å²) in [5, 5.41) is 6.22. The van der Waals surface area contributed by atoms with E-state index >= 15 is 0 Å². The molecule has 98 valence electrons. The molecule has 1 amide bonds. The number of para-hydroxylation sites is 1. The molecule has 0 saturated carbocycles. The van der Waals surface area contributed by atoms with E-state index in [0.29, 0.717) is 13.2 Å². The van der Waals surface area contributed by atoms with Crippen LogP contribution in [-0.2, 0) is 4.79 Å². The van der Waals surface area contributed by atoms with Crippen LogP contribution in [0.2, 0.25) is 0 Å². The number of amides is 1. The lowest BCUT2D eigenvalue weighted by molar-refractivity contribution is -0.124. The smallest absolute Gasteiger partial charge is 0.242 e. The van der Waals surface area contributed by atoms with E-state index in [-0.39, 0.29) is 17.5 Å². The molecule has 2 N–H and O–H groups in total. The Balaban J connectivity index is 2.25. The number of ether oxygens (including phenoxy) is 1. The summed E-state index contributed by atoms with van der Waals surface area (Å²) in [6.07, 6.45) is 0. The summed E-state index contributed by atoms with van der Waals surface area (Å²) >= 11 is 0. The van der Waals surface area contributed by atoms with E-state index in [1.807, 2.05) is 45.0 Å². The molecular weight excluding hydrogens is 228 g/mol. The van der Waals surface area contributed by atoms with Gasteiger partial charge in [-0.25, -0.2) is 0 Å². The monoisotopic (exact) mass is 248 g/mol. The third-order valence-corrected chi connectivity index (χ3v) is 2.70. The van der Waals surface area contributed by atoms with Crippen molar-refractivity contribution in [3.63, 3.8) is 0 Å². The Morgan fingerprint density at radius 2 is 2.11 bits per heavy atom. The molecule has 18 heavy (non-hydrogen) atoms. The van der Waals surface area contributed by atoms with Crippen LogP contribution in [0, 0.1) is 0 Å². The van der Waals surface area contributed by atoms with E-state index in [4.69, 9.17) is 4.74 Å². The highest BCUT2D eigenvalue weighted by Crippen LogP contribution is 2.27. The third kappa shape index (κ3) is 3.01. The van der Waals surface area contributed by atoms with E-state index in [1.165, 1.54) is 0 Å². The van der Waals surface area contributed by atoms with E-state index in [2.05, 4.69) is 10.6 Å². The molecule has 2 rings (SSSR count). The van der Waals surface area contributed by atoms with Crippen molar-refractivity contribution in [2.24, 2.45) is 0 Å². The topological polar surface area (TPSA) is 50.4 Å². The quantitative estimate of drug-likeness (QED) is 0.794. The van der Waals surface area contributed by atoms with Crippen LogP contribution in [0.4, 0.5) is 0 Å². The second-order valence-corrected chi connectivity index (χ2v) is 5.51. The second kappa shape index (κ2) is 4.98. The first-order valence-corrected chi connectivity index (χ1v) is 6.24. The van der Waals surface area contributed by atoms with Gasteiger partial charge in [-0.2, -0.15) is 0 Å². The van der Waals surface area contributed by atoms with Gasteiger partial charge in [0.1, 0.15) is 18.4 Å². The van der Waals surface area contributed by atoms with Crippen molar-refractivity contribution in [1.29, 1.82) is 0 Å². The number of hydrogen-bond donors (Lipinski definition) is 2. The predicted octanol–water partition coefficient (Wildman–Crippen LogP) is 1.62. The Hall–Kier alpha value is -1.55. The minimum absolute atomic E-state index is 0.0135. The fourth-order valence-electron chi connectivity index (χ4n) is 2.00. The molecule has 0 unspecified atom stereocenters. The molecule has 0 aromatic heterocycles. The molecule has 0 fully saturated rings. The van der Waals surface area contributed by atoms with E-state index in [1.54, 1.807) is 0 Å². The minimum Gasteiger partial charge on any atom is -0.492 e. The standard InChI is InChI=1S/C14H20N2O2/c1-14(2,3)16-13(17)12-10-6-4-5-7-11(10)18-9-8-15-12/h4-7,12,15H,8-9H2,1-3H3,(H,16,17)/t12-/m0/s1. The third-order valence-electron chi connectivity index (χ3n) is 2.70. The first kappa shape index (κ1) is 12.9. The summed E-state index contributed by atoms with van der Waals surface area (Å²) in [5.41, 5.74) is 0.665. The van der Waals surface area contributed by atoms with Gasteiger partial charge in [0.05, 0.1) is 0 Å². The van der Waals surface area contributed by atoms with Crippen LogP contribution >= 0.6 is 0 Å². The normalized spacial score (nSPS) is 19.4. The zero-order valence-electron chi connectivity index (χ0n) is 11.1. The maximum absolute atomic E-state index is 12.3. The van der Waals surface area contributed by atoms with Gasteiger partial charge in [0.2, 0.25) is 5.91 Å². The van der Waals surface area contributed by atoms with Gasteiger partial charge in [-0.15, -0.1) is 0 Å². The summed E-state index contributed by atoms with van der Waals surface area (Å²) in [4.78, 5) is 12.3. The number of hydrogen-bond acceptors (Lipinski definition) is 3. The van der Waals surface area contributed by atoms with Crippen LogP contribution in [0.25, 0.3) is 0 Å². The van der Waals surface area contributed by atoms with E-state index in [9.17, 15) is 4.79 Å². The molecule has 0 saturated heterocycles. The van der Waals surface area contributed by atoms with Gasteiger partial charge in [-0.3, -0.25) is 10.1 Å². The van der Waals surface area contributed by atoms with Crippen LogP contribution in [0.3, 0.4) is 0 Å². The Bertz CT molecular complexity index is 438. The minimum atomic E-state index is -0.345. The van der Waals surface area contributed by atoms with Gasteiger partial charge in [-0.1, -0.05) is 18.2 Å². The Morgan fingerprint density at radius 1 is 1.39 bits per heavy atom. The lowest BCUT2D eigenvalue weighted by Crippen LogP contribution is -2.46. The molecule has 1 aliphatic heterocycles. The molecule has 0 radical (unpaired) electrons. The van der Waals surface area contributed by atoms with Crippen LogP contribution in [-0.4, -0.2) is 24.6 Å². The van der Waals surface area contributed by atoms with Crippen LogP contribution < -0.4 is 15.4 Å². The molecule has 4 nitrogen and oxygen atoms in total. The summed E-state index contributed by atoms with van der Waals surface area (Å²) in [5.74, 6) is 0.775. The maximum atomic E-state index is 12.3. The summed E-state index contributed by atoms with van der Waals surface area (Å²) in [7, 11) is 0. The summed E-state index contributed by atoms with van der Waals surface area (Å²) < 4.78 is 5.62. The number of nitrogens with one attached hydrogen (secondary N) is 2. The zero-order chi connectivity index (χ0) is 13.2. The Labute approximate surface area is 108 Å². The van der Waals surface area contributed by atoms with Gasteiger partial charge in [0.25, 0.3) is 0 Å². The van der Waals surface area contributed by atoms with Crippen molar-refractivity contribution in [2.45, 2.75) is 32.4 Å². The Morgan fingerprint density at radius 3 is 2.83 bits per heavy atom. The highest BCUT2D eigenvalue weighted by molar-refractivity contribution is 5.84. The van der Waals surface area contributed by atoms with E-state index in [0.717, 1.165) is 11.3 Å². The first-order valence-electron chi connectivity index (χ1n) is 6.24. The Kier molecular flexibility index (Phi) is 3.57. The average molecular weight is 248 g/mol. The zero-order valence-corrected chi connectivity index (χ0v) is 11.1. The van der Waals surface area contributed by atoms with Crippen molar-refractivity contribution in [2.75, 3.05) is 13.2 Å². The largest absolute Gasteiger partial charge is 0.492 e. The van der Waals surface area contributed by atoms with Gasteiger partial charge in [0.15, 0.2) is 0 Å². The second-order valence-electron chi connectivity index (χ2n) is 5.51. The molecule has 1 atom stereocenters. The lowest BCUT2D eigenvalue weighted by atomic mass is 10.0. The lowest BCUT2D eigenvalue weighted by Gasteiger charge is -2.25. The summed E-state index contributed by atoms with van der Waals surface area (Å²) in [6.45, 7) is 7.17. The molecule has 4 heteroatoms. The first-order chi connectivity index (χ1) is 8.47. The van der Waals surface area contributed by atoms with Crippen LogP contribution in [0.5, 0.6) is 5.75 Å².